The second-order valence-electron chi connectivity index (χ2n) is 6.87. The van der Waals surface area contributed by atoms with Crippen molar-refractivity contribution in [3.8, 4) is 0 Å². The number of hydrogen-bond donors (Lipinski definition) is 1. The number of aryl methyl sites for hydroxylation is 1. The van der Waals surface area contributed by atoms with Crippen molar-refractivity contribution in [3.63, 3.8) is 0 Å². The van der Waals surface area contributed by atoms with E-state index in [1.807, 2.05) is 0 Å². The Balaban J connectivity index is 1.65. The van der Waals surface area contributed by atoms with Gasteiger partial charge >= 0.3 is 0 Å². The third-order valence-corrected chi connectivity index (χ3v) is 5.51. The molecule has 2 saturated carbocycles. The largest absolute Gasteiger partial charge is 0.318 e. The molecule has 3 aliphatic rings. The van der Waals surface area contributed by atoms with Crippen molar-refractivity contribution in [1.29, 1.82) is 0 Å². The van der Waals surface area contributed by atoms with Gasteiger partial charge < -0.3 is 4.90 Å². The van der Waals surface area contributed by atoms with Crippen LogP contribution in [0.3, 0.4) is 0 Å². The normalized spacial score (nSPS) is 27.8. The van der Waals surface area contributed by atoms with Crippen LogP contribution >= 0.6 is 0 Å². The molecule has 1 amide bonds. The van der Waals surface area contributed by atoms with Crippen molar-refractivity contribution in [2.75, 3.05) is 0 Å². The van der Waals surface area contributed by atoms with Crippen LogP contribution < -0.4 is 5.32 Å². The van der Waals surface area contributed by atoms with E-state index in [2.05, 4.69) is 41.4 Å². The predicted molar refractivity (Wildman–Crippen MR) is 82.8 cm³/mol. The third-order valence-electron chi connectivity index (χ3n) is 5.51. The quantitative estimate of drug-likeness (QED) is 0.924. The van der Waals surface area contributed by atoms with Gasteiger partial charge in [-0.05, 0) is 43.2 Å². The highest BCUT2D eigenvalue weighted by atomic mass is 16.2. The highest BCUT2D eigenvalue weighted by molar-refractivity contribution is 5.92. The first-order valence-corrected chi connectivity index (χ1v) is 8.43. The first kappa shape index (κ1) is 13.3. The molecule has 3 heteroatoms. The fourth-order valence-corrected chi connectivity index (χ4v) is 3.98. The molecule has 4 rings (SSSR count). The summed E-state index contributed by atoms with van der Waals surface area (Å²) in [5, 5.41) is 3.65. The molecular weight excluding hydrogens is 260 g/mol. The summed E-state index contributed by atoms with van der Waals surface area (Å²) in [6, 6.07) is 9.25. The topological polar surface area (TPSA) is 32.3 Å². The molecule has 1 saturated heterocycles. The number of rotatable bonds is 3. The van der Waals surface area contributed by atoms with E-state index in [9.17, 15) is 4.79 Å². The minimum Gasteiger partial charge on any atom is -0.318 e. The average molecular weight is 284 g/mol. The smallest absolute Gasteiger partial charge is 0.244 e. The van der Waals surface area contributed by atoms with Crippen LogP contribution in [0.1, 0.15) is 62.7 Å². The zero-order valence-corrected chi connectivity index (χ0v) is 12.8. The average Bonchev–Trinajstić information content (AvgIpc) is 2.99. The van der Waals surface area contributed by atoms with Crippen LogP contribution in [0.4, 0.5) is 0 Å². The maximum Gasteiger partial charge on any atom is 0.244 e. The highest BCUT2D eigenvalue weighted by Crippen LogP contribution is 2.48. The van der Waals surface area contributed by atoms with E-state index in [0.717, 1.165) is 19.3 Å². The Morgan fingerprint density at radius 2 is 1.86 bits per heavy atom. The summed E-state index contributed by atoms with van der Waals surface area (Å²) in [6.45, 7) is 2.18. The molecule has 2 aliphatic carbocycles. The van der Waals surface area contributed by atoms with Crippen LogP contribution in [0.25, 0.3) is 0 Å². The fourth-order valence-electron chi connectivity index (χ4n) is 3.98. The number of carbonyl (C=O) groups is 1. The number of nitrogens with zero attached hydrogens (tertiary/aromatic N) is 1. The Morgan fingerprint density at radius 3 is 2.43 bits per heavy atom. The van der Waals surface area contributed by atoms with E-state index in [4.69, 9.17) is 0 Å². The van der Waals surface area contributed by atoms with Crippen LogP contribution in [0.15, 0.2) is 24.3 Å². The molecule has 0 radical (unpaired) electrons. The van der Waals surface area contributed by atoms with Crippen LogP contribution in [0.5, 0.6) is 0 Å². The summed E-state index contributed by atoms with van der Waals surface area (Å²) in [7, 11) is 0. The van der Waals surface area contributed by atoms with Crippen molar-refractivity contribution >= 4 is 5.91 Å². The second-order valence-corrected chi connectivity index (χ2v) is 6.87. The predicted octanol–water partition coefficient (Wildman–Crippen LogP) is 3.15. The van der Waals surface area contributed by atoms with Gasteiger partial charge in [0, 0.05) is 6.04 Å². The molecule has 1 aromatic carbocycles. The van der Waals surface area contributed by atoms with Gasteiger partial charge in [-0.2, -0.15) is 0 Å². The molecule has 21 heavy (non-hydrogen) atoms. The van der Waals surface area contributed by atoms with Gasteiger partial charge in [-0.3, -0.25) is 10.1 Å². The molecule has 1 atom stereocenters. The van der Waals surface area contributed by atoms with E-state index in [1.54, 1.807) is 0 Å². The van der Waals surface area contributed by atoms with Crippen LogP contribution in [0, 0.1) is 0 Å². The molecule has 3 nitrogen and oxygen atoms in total. The van der Waals surface area contributed by atoms with Crippen LogP contribution in [-0.4, -0.2) is 22.4 Å². The molecule has 0 bridgehead atoms. The SMILES string of the molecule is CCc1ccc(C2NC3(CC3)C(=O)N2C2CCCC2)cc1. The molecule has 3 fully saturated rings. The van der Waals surface area contributed by atoms with Gasteiger partial charge in [0.15, 0.2) is 0 Å². The standard InChI is InChI=1S/C18H24N2O/c1-2-13-7-9-14(10-8-13)16-19-18(11-12-18)17(21)20(16)15-5-3-4-6-15/h7-10,15-16,19H,2-6,11-12H2,1H3. The van der Waals surface area contributed by atoms with Crippen LogP contribution in [0.2, 0.25) is 0 Å². The number of benzene rings is 1. The first-order valence-electron chi connectivity index (χ1n) is 8.43. The zero-order valence-electron chi connectivity index (χ0n) is 12.8. The van der Waals surface area contributed by atoms with Crippen molar-refractivity contribution in [2.45, 2.75) is 69.6 Å². The van der Waals surface area contributed by atoms with Crippen LogP contribution in [-0.2, 0) is 11.2 Å². The molecule has 1 aromatic rings. The van der Waals surface area contributed by atoms with Crippen molar-refractivity contribution in [3.05, 3.63) is 35.4 Å². The first-order chi connectivity index (χ1) is 10.2. The molecule has 112 valence electrons. The van der Waals surface area contributed by atoms with Gasteiger partial charge in [-0.15, -0.1) is 0 Å². The maximum absolute atomic E-state index is 12.8. The summed E-state index contributed by atoms with van der Waals surface area (Å²) >= 11 is 0. The van der Waals surface area contributed by atoms with Gasteiger partial charge in [0.1, 0.15) is 11.7 Å². The summed E-state index contributed by atoms with van der Waals surface area (Å²) in [5.41, 5.74) is 2.39. The number of amides is 1. The Hall–Kier alpha value is -1.35. The van der Waals surface area contributed by atoms with E-state index in [1.165, 1.54) is 36.8 Å². The van der Waals surface area contributed by atoms with Gasteiger partial charge in [0.2, 0.25) is 5.91 Å². The van der Waals surface area contributed by atoms with E-state index >= 15 is 0 Å². The highest BCUT2D eigenvalue weighted by Gasteiger charge is 2.60. The summed E-state index contributed by atoms with van der Waals surface area (Å²) in [5.74, 6) is 0.360. The molecular formula is C18H24N2O. The lowest BCUT2D eigenvalue weighted by Gasteiger charge is -2.30. The zero-order chi connectivity index (χ0) is 14.4. The number of nitrogens with one attached hydrogen (secondary N) is 1. The van der Waals surface area contributed by atoms with E-state index in [-0.39, 0.29) is 11.7 Å². The van der Waals surface area contributed by atoms with Gasteiger partial charge in [0.25, 0.3) is 0 Å². The van der Waals surface area contributed by atoms with Gasteiger partial charge in [-0.1, -0.05) is 44.0 Å². The lowest BCUT2D eigenvalue weighted by atomic mass is 10.1. The van der Waals surface area contributed by atoms with Gasteiger partial charge in [0.05, 0.1) is 0 Å². The Bertz CT molecular complexity index is 541. The molecule has 1 N–H and O–H groups in total. The molecule has 0 aromatic heterocycles. The number of carbonyl (C=O) groups excluding carboxylic acids is 1. The third kappa shape index (κ3) is 2.10. The van der Waals surface area contributed by atoms with Gasteiger partial charge in [-0.25, -0.2) is 0 Å². The Kier molecular flexibility index (Phi) is 3.07. The summed E-state index contributed by atoms with van der Waals surface area (Å²) in [6.07, 6.45) is 8.06. The van der Waals surface area contributed by atoms with E-state index in [0.29, 0.717) is 11.9 Å². The van der Waals surface area contributed by atoms with Crippen molar-refractivity contribution in [2.24, 2.45) is 0 Å². The molecule has 1 unspecified atom stereocenters. The Labute approximate surface area is 126 Å². The monoisotopic (exact) mass is 284 g/mol. The minimum atomic E-state index is -0.212. The fraction of sp³-hybridized carbons (Fsp3) is 0.611. The second kappa shape index (κ2) is 4.84. The Morgan fingerprint density at radius 1 is 1.19 bits per heavy atom. The lowest BCUT2D eigenvalue weighted by molar-refractivity contribution is -0.133. The summed E-state index contributed by atoms with van der Waals surface area (Å²) < 4.78 is 0. The summed E-state index contributed by atoms with van der Waals surface area (Å²) in [4.78, 5) is 15.0. The van der Waals surface area contributed by atoms with E-state index < -0.39 is 0 Å². The lowest BCUT2D eigenvalue weighted by Crippen LogP contribution is -2.39. The molecule has 1 aliphatic heterocycles. The van der Waals surface area contributed by atoms with Crippen molar-refractivity contribution < 1.29 is 4.79 Å². The van der Waals surface area contributed by atoms with Crippen molar-refractivity contribution in [1.82, 2.24) is 10.2 Å². The molecule has 1 heterocycles. The number of hydrogen-bond acceptors (Lipinski definition) is 2. The molecule has 1 spiro atoms. The minimum absolute atomic E-state index is 0.0917. The maximum atomic E-state index is 12.8.